The maximum absolute atomic E-state index is 11.7. The Bertz CT molecular complexity index is 1350. The molecule has 1 atom stereocenters. The van der Waals surface area contributed by atoms with Gasteiger partial charge in [-0.05, 0) is 85.8 Å². The van der Waals surface area contributed by atoms with E-state index in [4.69, 9.17) is 9.97 Å². The summed E-state index contributed by atoms with van der Waals surface area (Å²) < 4.78 is 0.966. The average Bonchev–Trinajstić information content (AvgIpc) is 3.34. The van der Waals surface area contributed by atoms with Crippen molar-refractivity contribution < 1.29 is 4.79 Å². The lowest BCUT2D eigenvalue weighted by Gasteiger charge is -2.30. The van der Waals surface area contributed by atoms with E-state index in [1.807, 2.05) is 35.7 Å². The summed E-state index contributed by atoms with van der Waals surface area (Å²) >= 11 is 1.58. The zero-order chi connectivity index (χ0) is 24.2. The monoisotopic (exact) mass is 484 g/mol. The highest BCUT2D eigenvalue weighted by molar-refractivity contribution is 7.17. The molecule has 0 bridgehead atoms. The number of carbonyl (C=O) groups excluding carboxylic acids is 1. The second-order valence-corrected chi connectivity index (χ2v) is 9.69. The summed E-state index contributed by atoms with van der Waals surface area (Å²) in [6.07, 6.45) is 3.73. The predicted octanol–water partition coefficient (Wildman–Crippen LogP) is 6.11. The van der Waals surface area contributed by atoms with E-state index in [9.17, 15) is 4.79 Å². The lowest BCUT2D eigenvalue weighted by molar-refractivity contribution is -0.111. The summed E-state index contributed by atoms with van der Waals surface area (Å²) in [6, 6.07) is 18.1. The minimum absolute atomic E-state index is 0.252. The van der Waals surface area contributed by atoms with Crippen molar-refractivity contribution in [2.75, 3.05) is 36.1 Å². The largest absolute Gasteiger partial charge is 0.339 e. The molecule has 1 amide bonds. The first-order valence-electron chi connectivity index (χ1n) is 11.7. The van der Waals surface area contributed by atoms with Gasteiger partial charge in [0.1, 0.15) is 0 Å². The fourth-order valence-corrected chi connectivity index (χ4v) is 5.19. The van der Waals surface area contributed by atoms with Gasteiger partial charge in [0.25, 0.3) is 0 Å². The molecule has 1 aliphatic rings. The van der Waals surface area contributed by atoms with Gasteiger partial charge in [0.15, 0.2) is 5.82 Å². The van der Waals surface area contributed by atoms with Gasteiger partial charge in [-0.15, -0.1) is 11.3 Å². The highest BCUT2D eigenvalue weighted by Gasteiger charge is 2.18. The van der Waals surface area contributed by atoms with Gasteiger partial charge >= 0.3 is 0 Å². The normalized spacial score (nSPS) is 16.1. The van der Waals surface area contributed by atoms with Gasteiger partial charge < -0.3 is 20.9 Å². The van der Waals surface area contributed by atoms with Crippen molar-refractivity contribution in [3.05, 3.63) is 78.2 Å². The molecule has 0 aliphatic carbocycles. The van der Waals surface area contributed by atoms with Crippen LogP contribution < -0.4 is 16.0 Å². The van der Waals surface area contributed by atoms with Crippen LogP contribution in [0.4, 0.5) is 28.8 Å². The molecule has 5 rings (SSSR count). The summed E-state index contributed by atoms with van der Waals surface area (Å²) in [7, 11) is 2.19. The SMILES string of the molecule is C=CC(=O)Nc1cccc(Nc2nc(Nc3ccc([C@H]4CCCN(C)C4)cc3)nc3ccsc23)c1. The van der Waals surface area contributed by atoms with E-state index in [0.717, 1.165) is 28.1 Å². The number of amides is 1. The van der Waals surface area contributed by atoms with Crippen LogP contribution in [0, 0.1) is 0 Å². The van der Waals surface area contributed by atoms with Gasteiger partial charge in [0, 0.05) is 23.6 Å². The second kappa shape index (κ2) is 10.2. The Morgan fingerprint density at radius 2 is 1.91 bits per heavy atom. The quantitative estimate of drug-likeness (QED) is 0.275. The van der Waals surface area contributed by atoms with Crippen molar-refractivity contribution in [3.8, 4) is 0 Å². The van der Waals surface area contributed by atoms with Crippen molar-refractivity contribution in [2.24, 2.45) is 0 Å². The summed E-state index contributed by atoms with van der Waals surface area (Å²) in [5.74, 6) is 1.57. The summed E-state index contributed by atoms with van der Waals surface area (Å²) in [5, 5.41) is 11.5. The number of anilines is 5. The lowest BCUT2D eigenvalue weighted by atomic mass is 9.91. The van der Waals surface area contributed by atoms with Crippen molar-refractivity contribution in [1.29, 1.82) is 0 Å². The van der Waals surface area contributed by atoms with Crippen molar-refractivity contribution >= 4 is 56.3 Å². The summed E-state index contributed by atoms with van der Waals surface area (Å²) in [6.45, 7) is 5.79. The highest BCUT2D eigenvalue weighted by atomic mass is 32.1. The molecule has 2 aromatic carbocycles. The number of benzene rings is 2. The number of aromatic nitrogens is 2. The molecule has 3 heterocycles. The third kappa shape index (κ3) is 5.50. The number of carbonyl (C=O) groups is 1. The van der Waals surface area contributed by atoms with Crippen molar-refractivity contribution in [3.63, 3.8) is 0 Å². The Hall–Kier alpha value is -3.75. The Labute approximate surface area is 208 Å². The molecule has 7 nitrogen and oxygen atoms in total. The number of piperidine rings is 1. The molecule has 178 valence electrons. The Morgan fingerprint density at radius 1 is 1.09 bits per heavy atom. The van der Waals surface area contributed by atoms with E-state index in [1.54, 1.807) is 11.3 Å². The number of nitrogens with zero attached hydrogens (tertiary/aromatic N) is 3. The maximum Gasteiger partial charge on any atom is 0.247 e. The Morgan fingerprint density at radius 3 is 2.71 bits per heavy atom. The number of rotatable bonds is 7. The van der Waals surface area contributed by atoms with Gasteiger partial charge in [-0.3, -0.25) is 4.79 Å². The number of fused-ring (bicyclic) bond motifs is 1. The van der Waals surface area contributed by atoms with E-state index >= 15 is 0 Å². The fraction of sp³-hybridized carbons (Fsp3) is 0.222. The van der Waals surface area contributed by atoms with Crippen LogP contribution in [0.15, 0.2) is 72.6 Å². The molecule has 2 aromatic heterocycles. The van der Waals surface area contributed by atoms with E-state index in [0.29, 0.717) is 23.4 Å². The average molecular weight is 485 g/mol. The van der Waals surface area contributed by atoms with E-state index < -0.39 is 0 Å². The van der Waals surface area contributed by atoms with Gasteiger partial charge in [-0.2, -0.15) is 4.98 Å². The minimum Gasteiger partial charge on any atom is -0.339 e. The van der Waals surface area contributed by atoms with Crippen molar-refractivity contribution in [1.82, 2.24) is 14.9 Å². The van der Waals surface area contributed by atoms with Gasteiger partial charge in [-0.1, -0.05) is 24.8 Å². The zero-order valence-electron chi connectivity index (χ0n) is 19.6. The molecule has 0 unspecified atom stereocenters. The number of likely N-dealkylation sites (N-methyl/N-ethyl adjacent to an activating group) is 1. The predicted molar refractivity (Wildman–Crippen MR) is 145 cm³/mol. The fourth-order valence-electron chi connectivity index (χ4n) is 4.42. The zero-order valence-corrected chi connectivity index (χ0v) is 20.4. The Balaban J connectivity index is 1.35. The molecule has 4 aromatic rings. The number of hydrogen-bond donors (Lipinski definition) is 3. The summed E-state index contributed by atoms with van der Waals surface area (Å²) in [5.41, 5.74) is 4.69. The van der Waals surface area contributed by atoms with Crippen LogP contribution in [-0.2, 0) is 4.79 Å². The number of likely N-dealkylation sites (tertiary alicyclic amines) is 1. The van der Waals surface area contributed by atoms with Gasteiger partial charge in [0.2, 0.25) is 11.9 Å². The van der Waals surface area contributed by atoms with Crippen LogP contribution in [0.25, 0.3) is 10.2 Å². The first-order valence-corrected chi connectivity index (χ1v) is 12.6. The van der Waals surface area contributed by atoms with Crippen LogP contribution in [0.3, 0.4) is 0 Å². The molecular weight excluding hydrogens is 456 g/mol. The lowest BCUT2D eigenvalue weighted by Crippen LogP contribution is -2.30. The van der Waals surface area contributed by atoms with Crippen LogP contribution in [-0.4, -0.2) is 40.9 Å². The van der Waals surface area contributed by atoms with Crippen molar-refractivity contribution in [2.45, 2.75) is 18.8 Å². The van der Waals surface area contributed by atoms with Crippen LogP contribution in [0.2, 0.25) is 0 Å². The van der Waals surface area contributed by atoms with E-state index in [2.05, 4.69) is 58.7 Å². The molecular formula is C27H28N6OS. The van der Waals surface area contributed by atoms with E-state index in [1.165, 1.54) is 31.0 Å². The van der Waals surface area contributed by atoms with Crippen LogP contribution in [0.5, 0.6) is 0 Å². The molecule has 8 heteroatoms. The first-order chi connectivity index (χ1) is 17.1. The Kier molecular flexibility index (Phi) is 6.74. The number of hydrogen-bond acceptors (Lipinski definition) is 7. The molecule has 3 N–H and O–H groups in total. The molecule has 1 aliphatic heterocycles. The molecule has 0 saturated carbocycles. The van der Waals surface area contributed by atoms with Crippen LogP contribution in [0.1, 0.15) is 24.3 Å². The third-order valence-corrected chi connectivity index (χ3v) is 7.05. The van der Waals surface area contributed by atoms with Gasteiger partial charge in [0.05, 0.1) is 10.2 Å². The topological polar surface area (TPSA) is 82.2 Å². The van der Waals surface area contributed by atoms with Gasteiger partial charge in [-0.25, -0.2) is 4.98 Å². The third-order valence-electron chi connectivity index (χ3n) is 6.14. The highest BCUT2D eigenvalue weighted by Crippen LogP contribution is 2.32. The van der Waals surface area contributed by atoms with Crippen LogP contribution >= 0.6 is 11.3 Å². The van der Waals surface area contributed by atoms with E-state index in [-0.39, 0.29) is 5.91 Å². The smallest absolute Gasteiger partial charge is 0.247 e. The molecule has 1 saturated heterocycles. The molecule has 1 fully saturated rings. The standard InChI is InChI=1S/C27H28N6OS/c1-3-24(34)28-21-7-4-8-22(16-21)29-26-25-23(13-15-35-25)31-27(32-26)30-20-11-9-18(10-12-20)19-6-5-14-33(2)17-19/h3-4,7-13,15-16,19H,1,5-6,14,17H2,2H3,(H,28,34)(H2,29,30,31,32)/t19-/m0/s1. The minimum atomic E-state index is -0.252. The second-order valence-electron chi connectivity index (χ2n) is 8.78. The molecule has 0 spiro atoms. The molecule has 35 heavy (non-hydrogen) atoms. The maximum atomic E-state index is 11.7. The molecule has 0 radical (unpaired) electrons. The summed E-state index contributed by atoms with van der Waals surface area (Å²) in [4.78, 5) is 23.5. The number of nitrogens with one attached hydrogen (secondary N) is 3. The number of thiophene rings is 1. The first kappa shape index (κ1) is 23.0.